The Bertz CT molecular complexity index is 463. The van der Waals surface area contributed by atoms with Gasteiger partial charge in [-0.2, -0.15) is 0 Å². The van der Waals surface area contributed by atoms with E-state index in [1.54, 1.807) is 12.1 Å². The van der Waals surface area contributed by atoms with Crippen molar-refractivity contribution in [2.45, 2.75) is 26.2 Å². The molecule has 0 unspecified atom stereocenters. The fourth-order valence-electron chi connectivity index (χ4n) is 1.30. The monoisotopic (exact) mass is 354 g/mol. The molecule has 0 saturated heterocycles. The fraction of sp³-hybridized carbons (Fsp3) is 0.250. The molecule has 0 aliphatic carbocycles. The van der Waals surface area contributed by atoms with Crippen molar-refractivity contribution in [2.75, 3.05) is 0 Å². The van der Waals surface area contributed by atoms with Crippen molar-refractivity contribution in [2.24, 2.45) is 0 Å². The van der Waals surface area contributed by atoms with Crippen LogP contribution >= 0.6 is 0 Å². The zero-order valence-electron chi connectivity index (χ0n) is 12.6. The summed E-state index contributed by atoms with van der Waals surface area (Å²) in [5.74, 6) is 0. The van der Waals surface area contributed by atoms with Gasteiger partial charge in [0, 0.05) is 29.5 Å². The van der Waals surface area contributed by atoms with E-state index in [1.807, 2.05) is 12.2 Å². The van der Waals surface area contributed by atoms with Crippen molar-refractivity contribution >= 4 is 11.8 Å². The van der Waals surface area contributed by atoms with Crippen LogP contribution in [-0.4, -0.2) is 4.92 Å². The van der Waals surface area contributed by atoms with Crippen LogP contribution in [0, 0.1) is 36.5 Å². The summed E-state index contributed by atoms with van der Waals surface area (Å²) in [5.41, 5.74) is 1.12. The third-order valence-electron chi connectivity index (χ3n) is 2.25. The average Bonchev–Trinajstić information content (AvgIpc) is 2.60. The molecule has 0 amide bonds. The van der Waals surface area contributed by atoms with Crippen LogP contribution in [-0.2, 0) is 31.3 Å². The molecule has 0 aliphatic rings. The predicted molar refractivity (Wildman–Crippen MR) is 77.7 cm³/mol. The van der Waals surface area contributed by atoms with Crippen molar-refractivity contribution < 1.29 is 36.2 Å². The molecule has 6 nitrogen and oxygen atoms in total. The molecule has 122 valence electrons. The number of unbranched alkanes of at least 4 members (excludes halogenated alkanes) is 3. The van der Waals surface area contributed by atoms with Gasteiger partial charge in [0.25, 0.3) is 5.69 Å². The number of allylic oxidation sites excluding steroid dienone is 1. The Balaban J connectivity index is -0.000000231. The van der Waals surface area contributed by atoms with E-state index in [9.17, 15) is 10.1 Å². The SMILES string of the molecule is CCCC[CH-]/C=C/c1ccc([N+](=O)[O-])cc1.[C-]#[O+].[C-]#[O+].[C-]#[O+].[Cr]. The fourth-order valence-corrected chi connectivity index (χ4v) is 1.30. The van der Waals surface area contributed by atoms with Crippen LogP contribution in [0.2, 0.25) is 0 Å². The summed E-state index contributed by atoms with van der Waals surface area (Å²) in [7, 11) is 0. The van der Waals surface area contributed by atoms with Gasteiger partial charge in [0.1, 0.15) is 0 Å². The third kappa shape index (κ3) is 17.9. The summed E-state index contributed by atoms with van der Waals surface area (Å²) >= 11 is 0. The van der Waals surface area contributed by atoms with E-state index in [1.165, 1.54) is 25.0 Å². The van der Waals surface area contributed by atoms with Gasteiger partial charge in [-0.05, 0) is 0 Å². The van der Waals surface area contributed by atoms with E-state index in [0.717, 1.165) is 12.0 Å². The van der Waals surface area contributed by atoms with Crippen LogP contribution in [0.15, 0.2) is 30.3 Å². The number of nitrogens with zero attached hydrogens (tertiary/aromatic N) is 1. The smallest absolute Gasteiger partial charge is 0 e. The molecule has 0 bridgehead atoms. The van der Waals surface area contributed by atoms with Crippen molar-refractivity contribution in [3.8, 4) is 0 Å². The summed E-state index contributed by atoms with van der Waals surface area (Å²) in [6.07, 6.45) is 9.55. The van der Waals surface area contributed by atoms with E-state index in [-0.39, 0.29) is 28.0 Å². The van der Waals surface area contributed by atoms with Crippen molar-refractivity contribution in [1.82, 2.24) is 0 Å². The summed E-state index contributed by atoms with van der Waals surface area (Å²) in [4.78, 5) is 10.0. The average molecular weight is 354 g/mol. The Hall–Kier alpha value is -2.02. The summed E-state index contributed by atoms with van der Waals surface area (Å²) in [6, 6.07) is 6.54. The van der Waals surface area contributed by atoms with E-state index >= 15 is 0 Å². The normalized spacial score (nSPS) is 7.61. The summed E-state index contributed by atoms with van der Waals surface area (Å²) < 4.78 is 22.5. The second-order valence-electron chi connectivity index (χ2n) is 3.59. The number of hydrogen-bond acceptors (Lipinski definition) is 2. The first-order chi connectivity index (χ1) is 10.7. The molecule has 1 aromatic rings. The molecule has 0 saturated carbocycles. The van der Waals surface area contributed by atoms with Gasteiger partial charge < -0.3 is 0 Å². The molecule has 23 heavy (non-hydrogen) atoms. The molecule has 0 spiro atoms. The number of hydrogen-bond donors (Lipinski definition) is 0. The maximum Gasteiger partial charge on any atom is 0 e. The predicted octanol–water partition coefficient (Wildman–Crippen LogP) is 3.89. The molecule has 0 atom stereocenters. The summed E-state index contributed by atoms with van der Waals surface area (Å²) in [6.45, 7) is 15.7. The Kier molecular flexibility index (Phi) is 31.5. The van der Waals surface area contributed by atoms with Crippen molar-refractivity contribution in [3.05, 3.63) is 72.4 Å². The molecular formula is C16H16CrNO5-. The number of non-ortho nitro benzene ring substituents is 1. The van der Waals surface area contributed by atoms with Crippen LogP contribution < -0.4 is 0 Å². The Morgan fingerprint density at radius 1 is 1.13 bits per heavy atom. The first-order valence-corrected chi connectivity index (χ1v) is 6.09. The molecular weight excluding hydrogens is 338 g/mol. The van der Waals surface area contributed by atoms with Crippen LogP contribution in [0.4, 0.5) is 5.69 Å². The van der Waals surface area contributed by atoms with Crippen LogP contribution in [0.5, 0.6) is 0 Å². The van der Waals surface area contributed by atoms with E-state index in [2.05, 4.69) is 33.3 Å². The quantitative estimate of drug-likeness (QED) is 0.254. The Morgan fingerprint density at radius 3 is 2.00 bits per heavy atom. The van der Waals surface area contributed by atoms with E-state index in [0.29, 0.717) is 0 Å². The maximum absolute atomic E-state index is 10.4. The van der Waals surface area contributed by atoms with Crippen molar-refractivity contribution in [3.63, 3.8) is 0 Å². The molecule has 1 aromatic carbocycles. The summed E-state index contributed by atoms with van der Waals surface area (Å²) in [5, 5.41) is 10.4. The topological polar surface area (TPSA) is 103 Å². The van der Waals surface area contributed by atoms with Gasteiger partial charge in [-0.25, -0.2) is 18.6 Å². The molecule has 0 heterocycles. The van der Waals surface area contributed by atoms with E-state index < -0.39 is 0 Å². The number of rotatable bonds is 6. The molecule has 0 aliphatic heterocycles. The zero-order valence-corrected chi connectivity index (χ0v) is 13.8. The zero-order chi connectivity index (χ0) is 17.8. The van der Waals surface area contributed by atoms with E-state index in [4.69, 9.17) is 14.0 Å². The first-order valence-electron chi connectivity index (χ1n) is 6.09. The van der Waals surface area contributed by atoms with Crippen molar-refractivity contribution in [1.29, 1.82) is 0 Å². The molecule has 0 radical (unpaired) electrons. The van der Waals surface area contributed by atoms with Gasteiger partial charge in [-0.15, -0.1) is 12.0 Å². The minimum atomic E-state index is -0.388. The molecule has 7 heteroatoms. The Morgan fingerprint density at radius 2 is 1.61 bits per heavy atom. The number of nitro benzene ring substituents is 1. The van der Waals surface area contributed by atoms with Crippen LogP contribution in [0.3, 0.4) is 0 Å². The van der Waals surface area contributed by atoms with Crippen LogP contribution in [0.1, 0.15) is 31.7 Å². The van der Waals surface area contributed by atoms with Gasteiger partial charge >= 0.3 is 33.9 Å². The number of benzene rings is 1. The van der Waals surface area contributed by atoms with Gasteiger partial charge in [0.05, 0.1) is 4.92 Å². The standard InChI is InChI=1S/C13H16NO2.3CO.Cr/c1-2-3-4-5-6-7-12-8-10-13(11-9-12)14(15)16;3*1-2;/h5-11H,2-4H2,1H3;;;;/q-1;;;;/b7-6+;;;;. The second kappa shape index (κ2) is 25.0. The maximum atomic E-state index is 10.4. The largest absolute Gasteiger partial charge is 0 e. The van der Waals surface area contributed by atoms with Crippen LogP contribution in [0.25, 0.3) is 6.08 Å². The molecule has 1 rings (SSSR count). The minimum Gasteiger partial charge on any atom is 0 e. The first kappa shape index (κ1) is 29.1. The van der Waals surface area contributed by atoms with Gasteiger partial charge in [0.2, 0.25) is 0 Å². The van der Waals surface area contributed by atoms with Gasteiger partial charge in [-0.3, -0.25) is 10.1 Å². The van der Waals surface area contributed by atoms with Gasteiger partial charge in [0.15, 0.2) is 0 Å². The van der Waals surface area contributed by atoms with Gasteiger partial charge in [-0.1, -0.05) is 31.9 Å². The molecule has 0 N–H and O–H groups in total. The second-order valence-corrected chi connectivity index (χ2v) is 3.59. The molecule has 0 aromatic heterocycles. The Labute approximate surface area is 147 Å². The number of nitro groups is 1. The third-order valence-corrected chi connectivity index (χ3v) is 2.25. The molecule has 0 fully saturated rings. The minimum absolute atomic E-state index is 0.